The van der Waals surface area contributed by atoms with Gasteiger partial charge in [0.2, 0.25) is 5.91 Å². The monoisotopic (exact) mass is 462 g/mol. The molecule has 1 saturated heterocycles. The van der Waals surface area contributed by atoms with Gasteiger partial charge in [0.1, 0.15) is 12.6 Å². The molecule has 3 aliphatic rings. The Bertz CT molecular complexity index is 1050. The molecule has 0 radical (unpaired) electrons. The third-order valence-corrected chi connectivity index (χ3v) is 7.52. The Kier molecular flexibility index (Phi) is 6.26. The smallest absolute Gasteiger partial charge is 0.407 e. The summed E-state index contributed by atoms with van der Waals surface area (Å²) >= 11 is 0. The summed E-state index contributed by atoms with van der Waals surface area (Å²) in [7, 11) is 0. The van der Waals surface area contributed by atoms with Crippen LogP contribution in [0.1, 0.15) is 55.6 Å². The molecular formula is C27H30N2O5. The average molecular weight is 463 g/mol. The van der Waals surface area contributed by atoms with E-state index in [9.17, 15) is 19.5 Å². The van der Waals surface area contributed by atoms with Crippen LogP contribution in [0, 0.1) is 5.92 Å². The summed E-state index contributed by atoms with van der Waals surface area (Å²) < 4.78 is 5.64. The lowest BCUT2D eigenvalue weighted by Gasteiger charge is -2.34. The van der Waals surface area contributed by atoms with Crippen LogP contribution in [0.4, 0.5) is 4.79 Å². The van der Waals surface area contributed by atoms with Crippen molar-refractivity contribution >= 4 is 18.0 Å². The molecule has 0 unspecified atom stereocenters. The Labute approximate surface area is 199 Å². The normalized spacial score (nSPS) is 23.8. The van der Waals surface area contributed by atoms with Crippen LogP contribution in [0.15, 0.2) is 48.5 Å². The van der Waals surface area contributed by atoms with E-state index in [-0.39, 0.29) is 30.4 Å². The van der Waals surface area contributed by atoms with Gasteiger partial charge in [-0.3, -0.25) is 4.79 Å². The first kappa shape index (κ1) is 22.4. The molecule has 0 aromatic heterocycles. The number of carboxylic acid groups (broad SMARTS) is 1. The van der Waals surface area contributed by atoms with E-state index in [0.29, 0.717) is 32.2 Å². The Balaban J connectivity index is 1.16. The SMILES string of the molecule is O=C(N[C@H]1CC[C@@H](C(=O)N2CCCC[C@@H]2C(=O)O)C1)OCC1c2ccccc2-c2ccccc21. The summed E-state index contributed by atoms with van der Waals surface area (Å²) in [6.45, 7) is 0.750. The van der Waals surface area contributed by atoms with E-state index < -0.39 is 18.1 Å². The van der Waals surface area contributed by atoms with Gasteiger partial charge in [-0.1, -0.05) is 48.5 Å². The molecule has 5 rings (SSSR count). The van der Waals surface area contributed by atoms with Gasteiger partial charge >= 0.3 is 12.1 Å². The summed E-state index contributed by atoms with van der Waals surface area (Å²) in [5.41, 5.74) is 4.69. The van der Waals surface area contributed by atoms with Crippen LogP contribution in [-0.4, -0.2) is 53.2 Å². The van der Waals surface area contributed by atoms with Crippen molar-refractivity contribution in [3.05, 3.63) is 59.7 Å². The summed E-state index contributed by atoms with van der Waals surface area (Å²) in [6.07, 6.45) is 3.56. The van der Waals surface area contributed by atoms with Crippen molar-refractivity contribution in [2.24, 2.45) is 5.92 Å². The first-order valence-corrected chi connectivity index (χ1v) is 12.2. The molecule has 178 valence electrons. The summed E-state index contributed by atoms with van der Waals surface area (Å²) in [6, 6.07) is 15.5. The number of nitrogens with zero attached hydrogens (tertiary/aromatic N) is 1. The summed E-state index contributed by atoms with van der Waals surface area (Å²) in [4.78, 5) is 38.7. The minimum atomic E-state index is -0.931. The Hall–Kier alpha value is -3.35. The number of ether oxygens (including phenoxy) is 1. The van der Waals surface area contributed by atoms with Crippen molar-refractivity contribution < 1.29 is 24.2 Å². The number of hydrogen-bond donors (Lipinski definition) is 2. The van der Waals surface area contributed by atoms with E-state index in [2.05, 4.69) is 29.6 Å². The number of likely N-dealkylation sites (tertiary alicyclic amines) is 1. The molecule has 2 N–H and O–H groups in total. The maximum Gasteiger partial charge on any atom is 0.407 e. The number of hydrogen-bond acceptors (Lipinski definition) is 4. The van der Waals surface area contributed by atoms with Crippen LogP contribution < -0.4 is 5.32 Å². The van der Waals surface area contributed by atoms with Gasteiger partial charge < -0.3 is 20.1 Å². The lowest BCUT2D eigenvalue weighted by atomic mass is 9.98. The van der Waals surface area contributed by atoms with Gasteiger partial charge in [-0.2, -0.15) is 0 Å². The second-order valence-corrected chi connectivity index (χ2v) is 9.56. The molecule has 7 heteroatoms. The van der Waals surface area contributed by atoms with Gasteiger partial charge in [0.15, 0.2) is 0 Å². The molecule has 1 heterocycles. The largest absolute Gasteiger partial charge is 0.480 e. The zero-order chi connectivity index (χ0) is 23.7. The number of fused-ring (bicyclic) bond motifs is 3. The standard InChI is InChI=1S/C27H30N2O5/c30-25(29-14-6-5-11-24(29)26(31)32)17-12-13-18(15-17)28-27(33)34-16-23-21-9-3-1-7-19(21)20-8-2-4-10-22(20)23/h1-4,7-10,17-18,23-24H,5-6,11-16H2,(H,28,33)(H,31,32)/t17-,18+,24-/m1/s1. The van der Waals surface area contributed by atoms with Gasteiger partial charge in [-0.15, -0.1) is 0 Å². The fourth-order valence-corrected chi connectivity index (χ4v) is 5.83. The number of carboxylic acids is 1. The maximum atomic E-state index is 13.0. The molecule has 3 atom stereocenters. The minimum Gasteiger partial charge on any atom is -0.480 e. The number of benzene rings is 2. The molecule has 2 aliphatic carbocycles. The van der Waals surface area contributed by atoms with E-state index in [1.165, 1.54) is 16.0 Å². The van der Waals surface area contributed by atoms with Gasteiger partial charge in [0.05, 0.1) is 0 Å². The number of rotatable bonds is 5. The highest BCUT2D eigenvalue weighted by atomic mass is 16.5. The minimum absolute atomic E-state index is 0.00288. The Morgan fingerprint density at radius 3 is 2.29 bits per heavy atom. The zero-order valence-electron chi connectivity index (χ0n) is 19.1. The zero-order valence-corrected chi connectivity index (χ0v) is 19.1. The van der Waals surface area contributed by atoms with Gasteiger partial charge in [-0.25, -0.2) is 9.59 Å². The first-order valence-electron chi connectivity index (χ1n) is 12.2. The number of amides is 2. The third-order valence-electron chi connectivity index (χ3n) is 7.52. The maximum absolute atomic E-state index is 13.0. The average Bonchev–Trinajstić information content (AvgIpc) is 3.45. The molecule has 7 nitrogen and oxygen atoms in total. The summed E-state index contributed by atoms with van der Waals surface area (Å²) in [5.74, 6) is -1.27. The first-order chi connectivity index (χ1) is 16.5. The van der Waals surface area contributed by atoms with Gasteiger partial charge in [0, 0.05) is 24.4 Å². The molecule has 0 spiro atoms. The number of alkyl carbamates (subject to hydrolysis) is 1. The molecule has 34 heavy (non-hydrogen) atoms. The highest BCUT2D eigenvalue weighted by molar-refractivity contribution is 5.85. The van der Waals surface area contributed by atoms with Crippen molar-refractivity contribution in [3.8, 4) is 11.1 Å². The lowest BCUT2D eigenvalue weighted by Crippen LogP contribution is -2.50. The number of nitrogens with one attached hydrogen (secondary N) is 1. The molecule has 2 fully saturated rings. The second kappa shape index (κ2) is 9.49. The molecular weight excluding hydrogens is 432 g/mol. The fraction of sp³-hybridized carbons (Fsp3) is 0.444. The van der Waals surface area contributed by atoms with Crippen LogP contribution >= 0.6 is 0 Å². The van der Waals surface area contributed by atoms with Crippen LogP contribution in [0.5, 0.6) is 0 Å². The highest BCUT2D eigenvalue weighted by Gasteiger charge is 2.39. The van der Waals surface area contributed by atoms with Crippen molar-refractivity contribution in [2.45, 2.75) is 56.5 Å². The lowest BCUT2D eigenvalue weighted by molar-refractivity contribution is -0.153. The number of aliphatic carboxylic acids is 1. The Morgan fingerprint density at radius 2 is 1.62 bits per heavy atom. The number of piperidine rings is 1. The van der Waals surface area contributed by atoms with Crippen LogP contribution in [0.3, 0.4) is 0 Å². The number of carbonyl (C=O) groups excluding carboxylic acids is 2. The molecule has 2 aromatic rings. The van der Waals surface area contributed by atoms with E-state index in [1.54, 1.807) is 0 Å². The molecule has 0 bridgehead atoms. The van der Waals surface area contributed by atoms with E-state index in [1.807, 2.05) is 24.3 Å². The second-order valence-electron chi connectivity index (χ2n) is 9.56. The third kappa shape index (κ3) is 4.27. The molecule has 1 saturated carbocycles. The fourth-order valence-electron chi connectivity index (χ4n) is 5.83. The van der Waals surface area contributed by atoms with Crippen LogP contribution in [0.2, 0.25) is 0 Å². The van der Waals surface area contributed by atoms with Gasteiger partial charge in [0.25, 0.3) is 0 Å². The molecule has 2 amide bonds. The predicted octanol–water partition coefficient (Wildman–Crippen LogP) is 4.16. The Morgan fingerprint density at radius 1 is 0.941 bits per heavy atom. The van der Waals surface area contributed by atoms with Gasteiger partial charge in [-0.05, 0) is 60.8 Å². The topological polar surface area (TPSA) is 95.9 Å². The van der Waals surface area contributed by atoms with Crippen molar-refractivity contribution in [1.29, 1.82) is 0 Å². The van der Waals surface area contributed by atoms with Crippen LogP contribution in [0.25, 0.3) is 11.1 Å². The molecule has 2 aromatic carbocycles. The van der Waals surface area contributed by atoms with E-state index >= 15 is 0 Å². The van der Waals surface area contributed by atoms with E-state index in [4.69, 9.17) is 4.74 Å². The van der Waals surface area contributed by atoms with Crippen molar-refractivity contribution in [3.63, 3.8) is 0 Å². The summed E-state index contributed by atoms with van der Waals surface area (Å²) in [5, 5.41) is 12.4. The van der Waals surface area contributed by atoms with Crippen molar-refractivity contribution in [2.75, 3.05) is 13.2 Å². The van der Waals surface area contributed by atoms with E-state index in [0.717, 1.165) is 24.0 Å². The molecule has 1 aliphatic heterocycles. The quantitative estimate of drug-likeness (QED) is 0.696. The van der Waals surface area contributed by atoms with Crippen molar-refractivity contribution in [1.82, 2.24) is 10.2 Å². The predicted molar refractivity (Wildman–Crippen MR) is 126 cm³/mol. The number of carbonyl (C=O) groups is 3. The van der Waals surface area contributed by atoms with Crippen LogP contribution in [-0.2, 0) is 14.3 Å². The highest BCUT2D eigenvalue weighted by Crippen LogP contribution is 2.44.